The molecular formula is C2H2O3S. The Kier molecular flexibility index (Phi) is 1.01. The first-order valence-electron chi connectivity index (χ1n) is 1.30. The highest BCUT2D eigenvalue weighted by molar-refractivity contribution is 7.00. The first kappa shape index (κ1) is 3.55. The summed E-state index contributed by atoms with van der Waals surface area (Å²) in [6.07, 6.45) is 1.38. The van der Waals surface area contributed by atoms with Gasteiger partial charge in [0, 0.05) is 0 Å². The van der Waals surface area contributed by atoms with Crippen molar-refractivity contribution in [2.75, 3.05) is 0 Å². The Morgan fingerprint density at radius 2 is 2.50 bits per heavy atom. The smallest absolute Gasteiger partial charge is 0.160 e. The lowest BCUT2D eigenvalue weighted by Crippen LogP contribution is -1.42. The predicted octanol–water partition coefficient (Wildman–Crippen LogP) is 1.65. The Labute approximate surface area is 37.6 Å². The fourth-order valence-electron chi connectivity index (χ4n) is 0.123. The molecule has 0 radical (unpaired) electrons. The average Bonchev–Trinajstić information content (AvgIpc) is 1.72. The van der Waals surface area contributed by atoms with E-state index in [1.807, 2.05) is 0 Å². The van der Waals surface area contributed by atoms with Gasteiger partial charge in [-0.05, 0) is 0 Å². The zero-order valence-electron chi connectivity index (χ0n) is 2.79. The third-order valence-corrected chi connectivity index (χ3v) is 0.629. The Hall–Kier alpha value is -0.640. The van der Waals surface area contributed by atoms with Crippen molar-refractivity contribution in [3.8, 4) is 0 Å². The summed E-state index contributed by atoms with van der Waals surface area (Å²) < 4.78 is 12.3. The highest BCUT2D eigenvalue weighted by Gasteiger charge is 1.62. The molecule has 1 rings (SSSR count). The molecule has 0 unspecified atom stereocenters. The molecule has 1 heterocycles. The SMILES string of the molecule is c1csooo1. The molecule has 0 aromatic carbocycles. The van der Waals surface area contributed by atoms with Crippen LogP contribution in [0.25, 0.3) is 0 Å². The van der Waals surface area contributed by atoms with Gasteiger partial charge in [0.2, 0.25) is 0 Å². The van der Waals surface area contributed by atoms with Crippen LogP contribution in [-0.2, 0) is 0 Å². The molecule has 0 aliphatic carbocycles. The van der Waals surface area contributed by atoms with E-state index in [1.54, 1.807) is 5.38 Å². The van der Waals surface area contributed by atoms with Crippen LogP contribution < -0.4 is 0 Å². The van der Waals surface area contributed by atoms with Crippen LogP contribution in [0.1, 0.15) is 0 Å². The maximum Gasteiger partial charge on any atom is 0.160 e. The number of hydrogen-bond acceptors (Lipinski definition) is 4. The monoisotopic (exact) mass is 106 g/mol. The Morgan fingerprint density at radius 1 is 1.50 bits per heavy atom. The molecule has 0 fully saturated rings. The minimum Gasteiger partial charge on any atom is -0.258 e. The van der Waals surface area contributed by atoms with Crippen molar-refractivity contribution in [1.29, 1.82) is 0 Å². The molecule has 0 amide bonds. The van der Waals surface area contributed by atoms with Crippen molar-refractivity contribution in [3.63, 3.8) is 0 Å². The Bertz CT molecular complexity index is 80.7. The van der Waals surface area contributed by atoms with Gasteiger partial charge >= 0.3 is 0 Å². The van der Waals surface area contributed by atoms with Crippen molar-refractivity contribution in [3.05, 3.63) is 11.6 Å². The van der Waals surface area contributed by atoms with E-state index in [4.69, 9.17) is 0 Å². The van der Waals surface area contributed by atoms with Crippen LogP contribution in [0.3, 0.4) is 0 Å². The fourth-order valence-corrected chi connectivity index (χ4v) is 0.323. The van der Waals surface area contributed by atoms with E-state index >= 15 is 0 Å². The highest BCUT2D eigenvalue weighted by Crippen LogP contribution is 1.90. The van der Waals surface area contributed by atoms with Crippen LogP contribution in [0.5, 0.6) is 0 Å². The van der Waals surface area contributed by atoms with E-state index in [0.717, 1.165) is 11.6 Å². The molecule has 1 aromatic rings. The van der Waals surface area contributed by atoms with Crippen LogP contribution in [-0.4, -0.2) is 0 Å². The van der Waals surface area contributed by atoms with E-state index in [2.05, 4.69) is 13.3 Å². The third-order valence-electron chi connectivity index (χ3n) is 0.273. The topological polar surface area (TPSA) is 39.4 Å². The van der Waals surface area contributed by atoms with E-state index in [1.165, 1.54) is 6.26 Å². The van der Waals surface area contributed by atoms with Crippen LogP contribution in [0.4, 0.5) is 0 Å². The number of hydrogen-bond donors (Lipinski definition) is 0. The van der Waals surface area contributed by atoms with Gasteiger partial charge in [-0.2, -0.15) is 4.01 Å². The quantitative estimate of drug-likeness (QED) is 0.472. The van der Waals surface area contributed by atoms with E-state index in [-0.39, 0.29) is 0 Å². The zero-order chi connectivity index (χ0) is 4.24. The van der Waals surface area contributed by atoms with Crippen molar-refractivity contribution >= 4 is 11.6 Å². The molecule has 0 saturated carbocycles. The molecule has 0 bridgehead atoms. The summed E-state index contributed by atoms with van der Waals surface area (Å²) in [4.78, 5) is 0. The van der Waals surface area contributed by atoms with Gasteiger partial charge in [0.15, 0.2) is 6.26 Å². The second-order valence-electron chi connectivity index (χ2n) is 0.601. The summed E-state index contributed by atoms with van der Waals surface area (Å²) in [6, 6.07) is 0. The van der Waals surface area contributed by atoms with Gasteiger partial charge in [0.1, 0.15) is 0 Å². The van der Waals surface area contributed by atoms with Gasteiger partial charge in [-0.3, -0.25) is 4.58 Å². The second kappa shape index (κ2) is 1.71. The molecule has 34 valence electrons. The minimum atomic E-state index is 1.07. The maximum absolute atomic E-state index is 4.18. The number of rotatable bonds is 0. The van der Waals surface area contributed by atoms with Gasteiger partial charge < -0.3 is 0 Å². The third kappa shape index (κ3) is 0.651. The van der Waals surface area contributed by atoms with Crippen molar-refractivity contribution in [2.45, 2.75) is 0 Å². The summed E-state index contributed by atoms with van der Waals surface area (Å²) >= 11 is 1.07. The lowest BCUT2D eigenvalue weighted by molar-refractivity contribution is -0.156. The van der Waals surface area contributed by atoms with Gasteiger partial charge in [0.05, 0.1) is 17.0 Å². The Balaban J connectivity index is 3.00. The maximum atomic E-state index is 4.18. The molecule has 0 atom stereocenters. The summed E-state index contributed by atoms with van der Waals surface area (Å²) in [7, 11) is 0. The minimum absolute atomic E-state index is 1.07. The first-order chi connectivity index (χ1) is 3.00. The largest absolute Gasteiger partial charge is 0.258 e. The molecule has 0 aliphatic heterocycles. The first-order valence-corrected chi connectivity index (χ1v) is 2.11. The van der Waals surface area contributed by atoms with Crippen molar-refractivity contribution in [2.24, 2.45) is 0 Å². The molecule has 0 saturated heterocycles. The van der Waals surface area contributed by atoms with E-state index in [0.29, 0.717) is 0 Å². The summed E-state index contributed by atoms with van der Waals surface area (Å²) in [5.41, 5.74) is 0. The van der Waals surface area contributed by atoms with Crippen molar-refractivity contribution < 1.29 is 13.3 Å². The normalized spacial score (nSPS) is 8.00. The van der Waals surface area contributed by atoms with Gasteiger partial charge in [-0.15, -0.1) is 0 Å². The van der Waals surface area contributed by atoms with Crippen LogP contribution >= 0.6 is 11.6 Å². The van der Waals surface area contributed by atoms with Gasteiger partial charge in [-0.1, -0.05) is 4.74 Å². The molecule has 4 heteroatoms. The van der Waals surface area contributed by atoms with Crippen LogP contribution in [0.2, 0.25) is 0 Å². The summed E-state index contributed by atoms with van der Waals surface area (Å²) in [5.74, 6) is 0. The standard InChI is InChI=1S/C2H2O3S/c1-2-6-5-4-3-1/h1-2H. The van der Waals surface area contributed by atoms with E-state index in [9.17, 15) is 0 Å². The molecule has 0 aliphatic rings. The molecule has 6 heavy (non-hydrogen) atoms. The van der Waals surface area contributed by atoms with Crippen LogP contribution in [0, 0.1) is 0 Å². The predicted molar refractivity (Wildman–Crippen MR) is 18.7 cm³/mol. The zero-order valence-corrected chi connectivity index (χ0v) is 3.60. The average molecular weight is 106 g/mol. The molecule has 1 aromatic heterocycles. The van der Waals surface area contributed by atoms with Gasteiger partial charge in [0.25, 0.3) is 0 Å². The second-order valence-corrected chi connectivity index (χ2v) is 1.20. The highest BCUT2D eigenvalue weighted by atomic mass is 32.1. The molecule has 3 nitrogen and oxygen atoms in total. The molecule has 0 spiro atoms. The van der Waals surface area contributed by atoms with Gasteiger partial charge in [-0.25, -0.2) is 0 Å². The summed E-state index contributed by atoms with van der Waals surface area (Å²) in [6.45, 7) is 0. The van der Waals surface area contributed by atoms with E-state index < -0.39 is 0 Å². The molecule has 0 N–H and O–H groups in total. The summed E-state index contributed by atoms with van der Waals surface area (Å²) in [5, 5.41) is 1.61. The lowest BCUT2D eigenvalue weighted by atomic mass is 11.1. The Morgan fingerprint density at radius 3 is 2.67 bits per heavy atom. The molecular weight excluding hydrogens is 104 g/mol. The van der Waals surface area contributed by atoms with Crippen molar-refractivity contribution in [1.82, 2.24) is 0 Å². The fraction of sp³-hybridized carbons (Fsp3) is 0. The van der Waals surface area contributed by atoms with Crippen LogP contribution in [0.15, 0.2) is 25.0 Å². The lowest BCUT2D eigenvalue weighted by Gasteiger charge is -1.68.